The summed E-state index contributed by atoms with van der Waals surface area (Å²) >= 11 is 0. The van der Waals surface area contributed by atoms with Crippen molar-refractivity contribution in [2.75, 3.05) is 17.7 Å². The molecule has 0 aliphatic heterocycles. The molecule has 2 N–H and O–H groups in total. The summed E-state index contributed by atoms with van der Waals surface area (Å²) in [5.41, 5.74) is 4.77. The molecule has 158 valence electrons. The number of rotatable bonds is 4. The van der Waals surface area contributed by atoms with Crippen molar-refractivity contribution in [3.05, 3.63) is 69.9 Å². The second kappa shape index (κ2) is 7.71. The maximum atomic E-state index is 13.2. The van der Waals surface area contributed by atoms with Crippen LogP contribution in [0.25, 0.3) is 22.0 Å². The number of aryl methyl sites for hydroxylation is 4. The Balaban J connectivity index is 1.77. The number of amides is 1. The monoisotopic (exact) mass is 416 g/mol. The van der Waals surface area contributed by atoms with Gasteiger partial charge in [-0.3, -0.25) is 14.3 Å². The Hall–Kier alpha value is -3.94. The van der Waals surface area contributed by atoms with E-state index in [-0.39, 0.29) is 11.5 Å². The summed E-state index contributed by atoms with van der Waals surface area (Å²) in [6.07, 6.45) is 1.75. The van der Waals surface area contributed by atoms with Crippen LogP contribution < -0.4 is 16.2 Å². The van der Waals surface area contributed by atoms with Crippen molar-refractivity contribution >= 4 is 28.3 Å². The summed E-state index contributed by atoms with van der Waals surface area (Å²) in [5, 5.41) is 11.0. The zero-order chi connectivity index (χ0) is 22.3. The molecule has 0 bridgehead atoms. The molecule has 0 spiro atoms. The topological polar surface area (TPSA) is 93.8 Å². The molecule has 4 rings (SSSR count). The second-order valence-corrected chi connectivity index (χ2v) is 7.58. The van der Waals surface area contributed by atoms with Crippen LogP contribution in [0.3, 0.4) is 0 Å². The number of carbonyl (C=O) groups excluding carboxylic acids is 1. The molecule has 8 nitrogen and oxygen atoms in total. The van der Waals surface area contributed by atoms with Crippen molar-refractivity contribution in [1.82, 2.24) is 19.3 Å². The Bertz CT molecular complexity index is 1380. The average Bonchev–Trinajstić information content (AvgIpc) is 3.10. The number of hydrogen-bond donors (Lipinski definition) is 2. The van der Waals surface area contributed by atoms with Gasteiger partial charge in [-0.15, -0.1) is 0 Å². The molecular weight excluding hydrogens is 392 g/mol. The first-order valence-electron chi connectivity index (χ1n) is 9.89. The molecule has 0 fully saturated rings. The van der Waals surface area contributed by atoms with Gasteiger partial charge in [-0.05, 0) is 49.2 Å². The van der Waals surface area contributed by atoms with E-state index in [9.17, 15) is 9.59 Å². The summed E-state index contributed by atoms with van der Waals surface area (Å²) in [7, 11) is 5.27. The smallest absolute Gasteiger partial charge is 0.273 e. The number of fused-ring (bicyclic) bond motifs is 1. The molecule has 0 saturated carbocycles. The third kappa shape index (κ3) is 3.68. The van der Waals surface area contributed by atoms with Gasteiger partial charge in [0, 0.05) is 50.0 Å². The summed E-state index contributed by atoms with van der Waals surface area (Å²) in [6, 6.07) is 11.0. The van der Waals surface area contributed by atoms with Crippen LogP contribution in [0.4, 0.5) is 11.5 Å². The highest BCUT2D eigenvalue weighted by atomic mass is 16.2. The molecule has 8 heteroatoms. The molecule has 0 saturated heterocycles. The van der Waals surface area contributed by atoms with Gasteiger partial charge in [-0.2, -0.15) is 5.10 Å². The van der Waals surface area contributed by atoms with Crippen molar-refractivity contribution in [1.29, 1.82) is 0 Å². The third-order valence-corrected chi connectivity index (χ3v) is 5.38. The van der Waals surface area contributed by atoms with E-state index >= 15 is 0 Å². The summed E-state index contributed by atoms with van der Waals surface area (Å²) in [4.78, 5) is 30.2. The van der Waals surface area contributed by atoms with Crippen molar-refractivity contribution in [3.8, 4) is 11.1 Å². The number of nitrogens with one attached hydrogen (secondary N) is 2. The van der Waals surface area contributed by atoms with Gasteiger partial charge in [-0.25, -0.2) is 4.98 Å². The number of hydrogen-bond acceptors (Lipinski definition) is 5. The quantitative estimate of drug-likeness (QED) is 0.533. The standard InChI is InChI=1S/C23H24N6O2/c1-13-6-7-16(26-22(30)20-8-14(2)27-29(20)5)10-17(13)18-9-15-12-25-21(24-3)11-19(15)28(4)23(18)31/h6-12H,1-5H3,(H,24,25)(H,26,30). The first kappa shape index (κ1) is 20.3. The highest BCUT2D eigenvalue weighted by Gasteiger charge is 2.15. The average molecular weight is 416 g/mol. The van der Waals surface area contributed by atoms with Gasteiger partial charge < -0.3 is 15.2 Å². The van der Waals surface area contributed by atoms with Crippen LogP contribution in [0.2, 0.25) is 0 Å². The van der Waals surface area contributed by atoms with Crippen LogP contribution in [0.1, 0.15) is 21.7 Å². The van der Waals surface area contributed by atoms with E-state index in [1.807, 2.05) is 44.2 Å². The fourth-order valence-electron chi connectivity index (χ4n) is 3.70. The minimum Gasteiger partial charge on any atom is -0.373 e. The largest absolute Gasteiger partial charge is 0.373 e. The molecule has 3 heterocycles. The van der Waals surface area contributed by atoms with Crippen LogP contribution in [-0.4, -0.2) is 32.3 Å². The Morgan fingerprint density at radius 1 is 1.03 bits per heavy atom. The minimum absolute atomic E-state index is 0.116. The molecular formula is C23H24N6O2. The number of benzene rings is 1. The van der Waals surface area contributed by atoms with Crippen molar-refractivity contribution < 1.29 is 4.79 Å². The maximum absolute atomic E-state index is 13.2. The lowest BCUT2D eigenvalue weighted by Gasteiger charge is -2.13. The van der Waals surface area contributed by atoms with Gasteiger partial charge in [0.25, 0.3) is 11.5 Å². The van der Waals surface area contributed by atoms with Crippen molar-refractivity contribution in [3.63, 3.8) is 0 Å². The van der Waals surface area contributed by atoms with Crippen molar-refractivity contribution in [2.45, 2.75) is 13.8 Å². The second-order valence-electron chi connectivity index (χ2n) is 7.58. The molecule has 0 aliphatic rings. The van der Waals surface area contributed by atoms with E-state index in [0.29, 0.717) is 22.8 Å². The lowest BCUT2D eigenvalue weighted by Crippen LogP contribution is -2.20. The summed E-state index contributed by atoms with van der Waals surface area (Å²) < 4.78 is 3.17. The third-order valence-electron chi connectivity index (χ3n) is 5.38. The molecule has 1 amide bonds. The Kier molecular flexibility index (Phi) is 5.06. The predicted octanol–water partition coefficient (Wildman–Crippen LogP) is 3.24. The van der Waals surface area contributed by atoms with E-state index in [2.05, 4.69) is 20.7 Å². The number of pyridine rings is 2. The fourth-order valence-corrected chi connectivity index (χ4v) is 3.70. The zero-order valence-electron chi connectivity index (χ0n) is 18.1. The number of anilines is 2. The van der Waals surface area contributed by atoms with Crippen molar-refractivity contribution in [2.24, 2.45) is 14.1 Å². The van der Waals surface area contributed by atoms with Crippen LogP contribution in [-0.2, 0) is 14.1 Å². The first-order chi connectivity index (χ1) is 14.8. The van der Waals surface area contributed by atoms with Gasteiger partial charge in [-0.1, -0.05) is 6.07 Å². The van der Waals surface area contributed by atoms with Gasteiger partial charge in [0.05, 0.1) is 11.2 Å². The molecule has 0 atom stereocenters. The SMILES string of the molecule is CNc1cc2c(cn1)cc(-c1cc(NC(=O)c3cc(C)nn3C)ccc1C)c(=O)n2C. The lowest BCUT2D eigenvalue weighted by molar-refractivity contribution is 0.101. The highest BCUT2D eigenvalue weighted by molar-refractivity contribution is 6.03. The molecule has 1 aromatic carbocycles. The molecule has 31 heavy (non-hydrogen) atoms. The van der Waals surface area contributed by atoms with E-state index in [4.69, 9.17) is 0 Å². The van der Waals surface area contributed by atoms with Gasteiger partial charge in [0.15, 0.2) is 0 Å². The molecule has 0 radical (unpaired) electrons. The van der Waals surface area contributed by atoms with E-state index in [1.165, 1.54) is 0 Å². The number of carbonyl (C=O) groups is 1. The fraction of sp³-hybridized carbons (Fsp3) is 0.217. The van der Waals surface area contributed by atoms with Gasteiger partial charge >= 0.3 is 0 Å². The van der Waals surface area contributed by atoms with Crippen LogP contribution in [0, 0.1) is 13.8 Å². The van der Waals surface area contributed by atoms with Gasteiger partial charge in [0.2, 0.25) is 0 Å². The number of aromatic nitrogens is 4. The van der Waals surface area contributed by atoms with E-state index in [0.717, 1.165) is 27.7 Å². The van der Waals surface area contributed by atoms with Crippen LogP contribution in [0.5, 0.6) is 0 Å². The Labute approximate surface area is 179 Å². The predicted molar refractivity (Wildman–Crippen MR) is 123 cm³/mol. The zero-order valence-corrected chi connectivity index (χ0v) is 18.1. The Morgan fingerprint density at radius 3 is 2.48 bits per heavy atom. The van der Waals surface area contributed by atoms with E-state index < -0.39 is 0 Å². The van der Waals surface area contributed by atoms with Crippen LogP contribution in [0.15, 0.2) is 47.4 Å². The summed E-state index contributed by atoms with van der Waals surface area (Å²) in [5.74, 6) is 0.439. The highest BCUT2D eigenvalue weighted by Crippen LogP contribution is 2.27. The number of nitrogens with zero attached hydrogens (tertiary/aromatic N) is 4. The molecule has 0 aliphatic carbocycles. The Morgan fingerprint density at radius 2 is 1.81 bits per heavy atom. The lowest BCUT2D eigenvalue weighted by atomic mass is 9.99. The van der Waals surface area contributed by atoms with Gasteiger partial charge in [0.1, 0.15) is 11.5 Å². The first-order valence-corrected chi connectivity index (χ1v) is 9.89. The van der Waals surface area contributed by atoms with Crippen LogP contribution >= 0.6 is 0 Å². The molecule has 4 aromatic rings. The summed E-state index contributed by atoms with van der Waals surface area (Å²) in [6.45, 7) is 3.78. The molecule has 0 unspecified atom stereocenters. The normalized spacial score (nSPS) is 11.0. The maximum Gasteiger partial charge on any atom is 0.273 e. The minimum atomic E-state index is -0.256. The molecule has 3 aromatic heterocycles. The van der Waals surface area contributed by atoms with E-state index in [1.54, 1.807) is 42.7 Å².